The molecule has 2 rings (SSSR count). The second-order valence-corrected chi connectivity index (χ2v) is 5.40. The largest absolute Gasteiger partial charge is 0.490 e. The minimum atomic E-state index is 0.367. The summed E-state index contributed by atoms with van der Waals surface area (Å²) < 4.78 is 6.07. The van der Waals surface area contributed by atoms with Crippen molar-refractivity contribution in [1.29, 1.82) is 0 Å². The molecule has 0 aliphatic heterocycles. The molecule has 1 aliphatic carbocycles. The van der Waals surface area contributed by atoms with Gasteiger partial charge in [-0.2, -0.15) is 0 Å². The third-order valence-electron chi connectivity index (χ3n) is 3.81. The molecule has 1 nitrogen and oxygen atoms in total. The molecule has 0 N–H and O–H groups in total. The van der Waals surface area contributed by atoms with E-state index in [1.807, 2.05) is 24.3 Å². The van der Waals surface area contributed by atoms with Crippen LogP contribution in [0.1, 0.15) is 44.6 Å². The number of alkyl halides is 1. The molecule has 1 aliphatic rings. The standard InChI is InChI=1S/C17H21ClO/c1-2-14-8-10-16(11-9-14)19-17-7-3-5-15(13-17)6-4-12-18/h3,5,7,13-14,16H,2,8-12H2,1H3. The minimum Gasteiger partial charge on any atom is -0.490 e. The summed E-state index contributed by atoms with van der Waals surface area (Å²) in [5, 5.41) is 0. The average molecular weight is 277 g/mol. The van der Waals surface area contributed by atoms with Crippen LogP contribution in [0.3, 0.4) is 0 Å². The molecule has 102 valence electrons. The quantitative estimate of drug-likeness (QED) is 0.578. The molecule has 1 aromatic rings. The van der Waals surface area contributed by atoms with Crippen molar-refractivity contribution in [3.63, 3.8) is 0 Å². The highest BCUT2D eigenvalue weighted by atomic mass is 35.5. The molecule has 0 saturated heterocycles. The molecule has 0 atom stereocenters. The third kappa shape index (κ3) is 4.48. The van der Waals surface area contributed by atoms with Gasteiger partial charge in [0.2, 0.25) is 0 Å². The summed E-state index contributed by atoms with van der Waals surface area (Å²) in [6, 6.07) is 7.99. The predicted molar refractivity (Wildman–Crippen MR) is 80.7 cm³/mol. The van der Waals surface area contributed by atoms with Crippen LogP contribution in [0.2, 0.25) is 0 Å². The van der Waals surface area contributed by atoms with E-state index in [1.165, 1.54) is 32.1 Å². The molecule has 0 amide bonds. The Morgan fingerprint density at radius 2 is 2.05 bits per heavy atom. The summed E-state index contributed by atoms with van der Waals surface area (Å²) in [6.45, 7) is 2.28. The van der Waals surface area contributed by atoms with E-state index in [0.29, 0.717) is 12.0 Å². The fourth-order valence-electron chi connectivity index (χ4n) is 2.63. The van der Waals surface area contributed by atoms with Gasteiger partial charge in [-0.05, 0) is 49.8 Å². The number of benzene rings is 1. The van der Waals surface area contributed by atoms with Gasteiger partial charge in [-0.1, -0.05) is 31.3 Å². The zero-order valence-electron chi connectivity index (χ0n) is 11.5. The maximum Gasteiger partial charge on any atom is 0.120 e. The van der Waals surface area contributed by atoms with Crippen LogP contribution >= 0.6 is 11.6 Å². The molecule has 19 heavy (non-hydrogen) atoms. The fourth-order valence-corrected chi connectivity index (χ4v) is 2.70. The first-order valence-corrected chi connectivity index (χ1v) is 7.66. The highest BCUT2D eigenvalue weighted by Crippen LogP contribution is 2.29. The summed E-state index contributed by atoms with van der Waals surface area (Å²) in [7, 11) is 0. The summed E-state index contributed by atoms with van der Waals surface area (Å²) in [4.78, 5) is 0. The number of rotatable bonds is 3. The van der Waals surface area contributed by atoms with E-state index in [1.54, 1.807) is 0 Å². The lowest BCUT2D eigenvalue weighted by molar-refractivity contribution is 0.130. The van der Waals surface area contributed by atoms with Crippen LogP contribution in [0.4, 0.5) is 0 Å². The van der Waals surface area contributed by atoms with Gasteiger partial charge in [0.1, 0.15) is 5.75 Å². The predicted octanol–water partition coefficient (Wildman–Crippen LogP) is 4.62. The number of hydrogen-bond acceptors (Lipinski definition) is 1. The van der Waals surface area contributed by atoms with E-state index >= 15 is 0 Å². The molecule has 1 aromatic carbocycles. The van der Waals surface area contributed by atoms with E-state index in [-0.39, 0.29) is 0 Å². The van der Waals surface area contributed by atoms with Gasteiger partial charge in [-0.3, -0.25) is 0 Å². The fraction of sp³-hybridized carbons (Fsp3) is 0.529. The topological polar surface area (TPSA) is 9.23 Å². The maximum absolute atomic E-state index is 6.07. The molecule has 0 aromatic heterocycles. The lowest BCUT2D eigenvalue weighted by Gasteiger charge is -2.28. The summed E-state index contributed by atoms with van der Waals surface area (Å²) in [5.41, 5.74) is 0.973. The Morgan fingerprint density at radius 3 is 2.74 bits per heavy atom. The molecule has 1 saturated carbocycles. The van der Waals surface area contributed by atoms with Gasteiger partial charge >= 0.3 is 0 Å². The number of halogens is 1. The van der Waals surface area contributed by atoms with Crippen LogP contribution in [0, 0.1) is 17.8 Å². The summed E-state index contributed by atoms with van der Waals surface area (Å²) in [6.07, 6.45) is 6.63. The van der Waals surface area contributed by atoms with Gasteiger partial charge < -0.3 is 4.74 Å². The molecule has 0 bridgehead atoms. The van der Waals surface area contributed by atoms with E-state index in [9.17, 15) is 0 Å². The number of hydrogen-bond donors (Lipinski definition) is 0. The summed E-state index contributed by atoms with van der Waals surface area (Å²) in [5.74, 6) is 8.10. The van der Waals surface area contributed by atoms with Gasteiger partial charge in [-0.15, -0.1) is 11.6 Å². The van der Waals surface area contributed by atoms with Crippen molar-refractivity contribution >= 4 is 11.6 Å². The Labute approximate surface area is 121 Å². The molecule has 0 radical (unpaired) electrons. The normalized spacial score (nSPS) is 22.4. The third-order valence-corrected chi connectivity index (χ3v) is 3.94. The van der Waals surface area contributed by atoms with Gasteiger partial charge in [0, 0.05) is 5.56 Å². The highest BCUT2D eigenvalue weighted by Gasteiger charge is 2.21. The van der Waals surface area contributed by atoms with Gasteiger partial charge in [-0.25, -0.2) is 0 Å². The molecule has 0 unspecified atom stereocenters. The van der Waals surface area contributed by atoms with Crippen molar-refractivity contribution in [2.45, 2.75) is 45.1 Å². The van der Waals surface area contributed by atoms with Crippen molar-refractivity contribution in [2.75, 3.05) is 5.88 Å². The molecule has 0 heterocycles. The van der Waals surface area contributed by atoms with E-state index < -0.39 is 0 Å². The zero-order chi connectivity index (χ0) is 13.5. The van der Waals surface area contributed by atoms with E-state index in [0.717, 1.165) is 17.2 Å². The van der Waals surface area contributed by atoms with Crippen LogP contribution in [0.25, 0.3) is 0 Å². The molecular formula is C17H21ClO. The van der Waals surface area contributed by atoms with Crippen LogP contribution in [0.15, 0.2) is 24.3 Å². The van der Waals surface area contributed by atoms with Crippen LogP contribution < -0.4 is 4.74 Å². The molecular weight excluding hydrogens is 256 g/mol. The van der Waals surface area contributed by atoms with Crippen LogP contribution in [0.5, 0.6) is 5.75 Å². The highest BCUT2D eigenvalue weighted by molar-refractivity contribution is 6.19. The van der Waals surface area contributed by atoms with Crippen LogP contribution in [-0.4, -0.2) is 12.0 Å². The number of ether oxygens (including phenoxy) is 1. The summed E-state index contributed by atoms with van der Waals surface area (Å²) >= 11 is 5.57. The molecule has 0 spiro atoms. The first kappa shape index (κ1) is 14.3. The van der Waals surface area contributed by atoms with Crippen molar-refractivity contribution in [3.05, 3.63) is 29.8 Å². The average Bonchev–Trinajstić information content (AvgIpc) is 2.46. The lowest BCUT2D eigenvalue weighted by atomic mass is 9.86. The Bertz CT molecular complexity index is 450. The van der Waals surface area contributed by atoms with Gasteiger partial charge in [0.15, 0.2) is 0 Å². The smallest absolute Gasteiger partial charge is 0.120 e. The Kier molecular flexibility index (Phi) is 5.61. The molecule has 1 fully saturated rings. The van der Waals surface area contributed by atoms with Gasteiger partial charge in [0.05, 0.1) is 12.0 Å². The van der Waals surface area contributed by atoms with Crippen molar-refractivity contribution in [3.8, 4) is 17.6 Å². The first-order chi connectivity index (χ1) is 9.31. The Hall–Kier alpha value is -1.13. The molecule has 2 heteroatoms. The zero-order valence-corrected chi connectivity index (χ0v) is 12.2. The first-order valence-electron chi connectivity index (χ1n) is 7.13. The monoisotopic (exact) mass is 276 g/mol. The lowest BCUT2D eigenvalue weighted by Crippen LogP contribution is -2.23. The minimum absolute atomic E-state index is 0.367. The van der Waals surface area contributed by atoms with Crippen molar-refractivity contribution < 1.29 is 4.74 Å². The van der Waals surface area contributed by atoms with Crippen molar-refractivity contribution in [1.82, 2.24) is 0 Å². The van der Waals surface area contributed by atoms with Crippen molar-refractivity contribution in [2.24, 2.45) is 5.92 Å². The van der Waals surface area contributed by atoms with Gasteiger partial charge in [0.25, 0.3) is 0 Å². The second-order valence-electron chi connectivity index (χ2n) is 5.13. The Balaban J connectivity index is 1.92. The second kappa shape index (κ2) is 7.46. The SMILES string of the molecule is CCC1CCC(Oc2cccc(C#CCCl)c2)CC1. The van der Waals surface area contributed by atoms with E-state index in [2.05, 4.69) is 18.8 Å². The maximum atomic E-state index is 6.07. The van der Waals surface area contributed by atoms with E-state index in [4.69, 9.17) is 16.3 Å². The van der Waals surface area contributed by atoms with Crippen LogP contribution in [-0.2, 0) is 0 Å². The Morgan fingerprint density at radius 1 is 1.26 bits per heavy atom.